The number of hydrogen-bond acceptors (Lipinski definition) is 4. The second-order valence-electron chi connectivity index (χ2n) is 6.84. The fourth-order valence-corrected chi connectivity index (χ4v) is 3.53. The summed E-state index contributed by atoms with van der Waals surface area (Å²) in [4.78, 5) is 12.5. The van der Waals surface area contributed by atoms with Crippen LogP contribution in [0.3, 0.4) is 0 Å². The van der Waals surface area contributed by atoms with E-state index < -0.39 is 7.12 Å². The predicted octanol–water partition coefficient (Wildman–Crippen LogP) is 0.760. The number of fused-ring (bicyclic) bond motifs is 1. The average molecular weight is 253 g/mol. The van der Waals surface area contributed by atoms with Gasteiger partial charge in [0.1, 0.15) is 5.78 Å². The Kier molecular flexibility index (Phi) is 3.86. The summed E-state index contributed by atoms with van der Waals surface area (Å²) in [6.45, 7) is 5.92. The molecule has 2 fully saturated rings. The molecule has 5 heteroatoms. The lowest BCUT2D eigenvalue weighted by molar-refractivity contribution is -0.133. The lowest BCUT2D eigenvalue weighted by Crippen LogP contribution is -2.44. The monoisotopic (exact) mass is 253 g/mol. The van der Waals surface area contributed by atoms with E-state index in [2.05, 4.69) is 5.32 Å². The Morgan fingerprint density at radius 3 is 2.50 bits per heavy atom. The van der Waals surface area contributed by atoms with Crippen molar-refractivity contribution in [3.8, 4) is 0 Å². The normalized spacial score (nSPS) is 36.3. The van der Waals surface area contributed by atoms with E-state index in [1.807, 2.05) is 20.8 Å². The maximum Gasteiger partial charge on any atom is 0.469 e. The average Bonchev–Trinajstić information content (AvgIpc) is 2.70. The number of ketones is 1. The zero-order valence-corrected chi connectivity index (χ0v) is 11.5. The molecule has 0 aromatic heterocycles. The molecular formula is C13H24BNO3. The maximum atomic E-state index is 12.5. The molecule has 1 heterocycles. The van der Waals surface area contributed by atoms with Crippen molar-refractivity contribution in [2.45, 2.75) is 58.4 Å². The third-order valence-electron chi connectivity index (χ3n) is 4.45. The van der Waals surface area contributed by atoms with Crippen LogP contribution in [0.2, 0.25) is 0 Å². The Morgan fingerprint density at radius 1 is 1.28 bits per heavy atom. The van der Waals surface area contributed by atoms with Crippen LogP contribution in [0.15, 0.2) is 0 Å². The molecule has 18 heavy (non-hydrogen) atoms. The van der Waals surface area contributed by atoms with E-state index in [-0.39, 0.29) is 29.2 Å². The molecule has 0 radical (unpaired) electrons. The van der Waals surface area contributed by atoms with Crippen molar-refractivity contribution < 1.29 is 14.8 Å². The van der Waals surface area contributed by atoms with E-state index in [9.17, 15) is 14.8 Å². The van der Waals surface area contributed by atoms with E-state index >= 15 is 0 Å². The molecule has 1 saturated heterocycles. The molecule has 1 saturated carbocycles. The van der Waals surface area contributed by atoms with Crippen LogP contribution in [0.25, 0.3) is 0 Å². The van der Waals surface area contributed by atoms with Crippen molar-refractivity contribution in [1.82, 2.24) is 5.32 Å². The third kappa shape index (κ3) is 2.63. The fraction of sp³-hybridized carbons (Fsp3) is 0.923. The molecule has 102 valence electrons. The first-order chi connectivity index (χ1) is 8.30. The van der Waals surface area contributed by atoms with Crippen molar-refractivity contribution in [2.75, 3.05) is 0 Å². The SMILES string of the molecule is CC(C)(C)C(=O)C1CCCC2NC(B(O)O)CC21. The predicted molar refractivity (Wildman–Crippen MR) is 70.8 cm³/mol. The van der Waals surface area contributed by atoms with Gasteiger partial charge < -0.3 is 15.4 Å². The van der Waals surface area contributed by atoms with Gasteiger partial charge in [-0.25, -0.2) is 0 Å². The van der Waals surface area contributed by atoms with E-state index in [0.717, 1.165) is 19.3 Å². The van der Waals surface area contributed by atoms with Gasteiger partial charge in [-0.3, -0.25) is 4.79 Å². The molecule has 1 aliphatic heterocycles. The van der Waals surface area contributed by atoms with E-state index in [1.54, 1.807) is 0 Å². The molecular weight excluding hydrogens is 229 g/mol. The van der Waals surface area contributed by atoms with Gasteiger partial charge in [-0.1, -0.05) is 27.2 Å². The van der Waals surface area contributed by atoms with Gasteiger partial charge in [-0.2, -0.15) is 0 Å². The smallest absolute Gasteiger partial charge is 0.426 e. The van der Waals surface area contributed by atoms with Crippen LogP contribution in [0.1, 0.15) is 46.5 Å². The highest BCUT2D eigenvalue weighted by molar-refractivity contribution is 6.43. The lowest BCUT2D eigenvalue weighted by Gasteiger charge is -2.35. The summed E-state index contributed by atoms with van der Waals surface area (Å²) < 4.78 is 0. The van der Waals surface area contributed by atoms with Crippen molar-refractivity contribution in [1.29, 1.82) is 0 Å². The lowest BCUT2D eigenvalue weighted by atomic mass is 9.67. The number of nitrogens with one attached hydrogen (secondary N) is 1. The van der Waals surface area contributed by atoms with Gasteiger partial charge in [-0.15, -0.1) is 0 Å². The van der Waals surface area contributed by atoms with Gasteiger partial charge in [-0.05, 0) is 25.2 Å². The maximum absolute atomic E-state index is 12.5. The number of Topliss-reactive ketones (excluding diaryl/α,β-unsaturated/α-hetero) is 1. The molecule has 0 aromatic carbocycles. The Labute approximate surface area is 109 Å². The number of carbonyl (C=O) groups is 1. The minimum Gasteiger partial charge on any atom is -0.426 e. The molecule has 0 bridgehead atoms. The summed E-state index contributed by atoms with van der Waals surface area (Å²) in [5.74, 6) is 0.415. The van der Waals surface area contributed by atoms with Crippen molar-refractivity contribution >= 4 is 12.9 Å². The highest BCUT2D eigenvalue weighted by Gasteiger charge is 2.47. The number of hydrogen-bond donors (Lipinski definition) is 3. The molecule has 2 aliphatic rings. The molecule has 0 amide bonds. The fourth-order valence-electron chi connectivity index (χ4n) is 3.53. The van der Waals surface area contributed by atoms with Crippen LogP contribution < -0.4 is 5.32 Å². The molecule has 4 nitrogen and oxygen atoms in total. The molecule has 4 unspecified atom stereocenters. The topological polar surface area (TPSA) is 69.6 Å². The van der Waals surface area contributed by atoms with E-state index in [0.29, 0.717) is 12.2 Å². The quantitative estimate of drug-likeness (QED) is 0.635. The van der Waals surface area contributed by atoms with Gasteiger partial charge in [0.05, 0.1) is 0 Å². The minimum absolute atomic E-state index is 0.0833. The molecule has 2 rings (SSSR count). The molecule has 0 aromatic rings. The third-order valence-corrected chi connectivity index (χ3v) is 4.45. The van der Waals surface area contributed by atoms with Crippen LogP contribution in [0.4, 0.5) is 0 Å². The Morgan fingerprint density at radius 2 is 1.94 bits per heavy atom. The summed E-state index contributed by atoms with van der Waals surface area (Å²) in [5, 5.41) is 21.9. The number of rotatable bonds is 2. The van der Waals surface area contributed by atoms with Gasteiger partial charge >= 0.3 is 7.12 Å². The highest BCUT2D eigenvalue weighted by atomic mass is 16.4. The summed E-state index contributed by atoms with van der Waals surface area (Å²) in [7, 11) is -1.32. The minimum atomic E-state index is -1.32. The van der Waals surface area contributed by atoms with Crippen LogP contribution >= 0.6 is 0 Å². The first kappa shape index (κ1) is 14.0. The van der Waals surface area contributed by atoms with Crippen molar-refractivity contribution in [3.63, 3.8) is 0 Å². The summed E-state index contributed by atoms with van der Waals surface area (Å²) in [6, 6.07) is 0.279. The Bertz CT molecular complexity index is 327. The zero-order valence-electron chi connectivity index (χ0n) is 11.5. The molecule has 4 atom stereocenters. The molecule has 1 aliphatic carbocycles. The van der Waals surface area contributed by atoms with Crippen LogP contribution in [0, 0.1) is 17.3 Å². The van der Waals surface area contributed by atoms with Gasteiger partial charge in [0.2, 0.25) is 0 Å². The summed E-state index contributed by atoms with van der Waals surface area (Å²) in [5.41, 5.74) is -0.303. The number of carbonyl (C=O) groups excluding carboxylic acids is 1. The van der Waals surface area contributed by atoms with Crippen molar-refractivity contribution in [2.24, 2.45) is 17.3 Å². The van der Waals surface area contributed by atoms with Crippen LogP contribution in [-0.2, 0) is 4.79 Å². The first-order valence-electron chi connectivity index (χ1n) is 6.97. The van der Waals surface area contributed by atoms with Gasteiger partial charge in [0.25, 0.3) is 0 Å². The van der Waals surface area contributed by atoms with Crippen molar-refractivity contribution in [3.05, 3.63) is 0 Å². The van der Waals surface area contributed by atoms with Gasteiger partial charge in [0.15, 0.2) is 0 Å². The van der Waals surface area contributed by atoms with E-state index in [4.69, 9.17) is 0 Å². The van der Waals surface area contributed by atoms with Crippen LogP contribution in [0.5, 0.6) is 0 Å². The Balaban J connectivity index is 2.11. The second kappa shape index (κ2) is 4.95. The zero-order chi connectivity index (χ0) is 13.5. The first-order valence-corrected chi connectivity index (χ1v) is 6.97. The summed E-state index contributed by atoms with van der Waals surface area (Å²) in [6.07, 6.45) is 3.75. The molecule has 0 spiro atoms. The highest BCUT2D eigenvalue weighted by Crippen LogP contribution is 2.41. The van der Waals surface area contributed by atoms with E-state index in [1.165, 1.54) is 0 Å². The standard InChI is InChI=1S/C13H24BNO3/c1-13(2,3)12(16)8-5-4-6-10-9(8)7-11(15-10)14(17)18/h8-11,15,17-18H,4-7H2,1-3H3. The largest absolute Gasteiger partial charge is 0.469 e. The second-order valence-corrected chi connectivity index (χ2v) is 6.84. The van der Waals surface area contributed by atoms with Gasteiger partial charge in [0, 0.05) is 23.3 Å². The Hall–Kier alpha value is -0.385. The van der Waals surface area contributed by atoms with Crippen LogP contribution in [-0.4, -0.2) is 34.9 Å². The summed E-state index contributed by atoms with van der Waals surface area (Å²) >= 11 is 0. The molecule has 3 N–H and O–H groups in total.